The maximum atomic E-state index is 12.3. The molecule has 2 atom stereocenters. The maximum absolute atomic E-state index is 12.3. The van der Waals surface area contributed by atoms with Crippen LogP contribution in [-0.4, -0.2) is 53.6 Å². The van der Waals surface area contributed by atoms with E-state index in [4.69, 9.17) is 9.47 Å². The quantitative estimate of drug-likeness (QED) is 0.741. The Labute approximate surface area is 123 Å². The molecule has 0 spiro atoms. The molecule has 2 fully saturated rings. The summed E-state index contributed by atoms with van der Waals surface area (Å²) in [6, 6.07) is 0. The van der Waals surface area contributed by atoms with Crippen LogP contribution >= 0.6 is 15.9 Å². The Kier molecular flexibility index (Phi) is 5.26. The van der Waals surface area contributed by atoms with E-state index >= 15 is 0 Å². The molecule has 0 aromatic carbocycles. The fourth-order valence-corrected chi connectivity index (χ4v) is 3.22. The summed E-state index contributed by atoms with van der Waals surface area (Å²) in [6.07, 6.45) is 4.08. The van der Waals surface area contributed by atoms with Crippen molar-refractivity contribution >= 4 is 21.8 Å². The van der Waals surface area contributed by atoms with E-state index in [0.717, 1.165) is 31.2 Å². The zero-order valence-electron chi connectivity index (χ0n) is 11.9. The Morgan fingerprint density at radius 1 is 1.42 bits per heavy atom. The third-order valence-electron chi connectivity index (χ3n) is 3.71. The van der Waals surface area contributed by atoms with E-state index < -0.39 is 0 Å². The first kappa shape index (κ1) is 15.3. The summed E-state index contributed by atoms with van der Waals surface area (Å²) in [5.41, 5.74) is -0.254. The van der Waals surface area contributed by atoms with Crippen molar-refractivity contribution < 1.29 is 14.3 Å². The molecule has 110 valence electrons. The van der Waals surface area contributed by atoms with E-state index in [9.17, 15) is 4.79 Å². The molecule has 19 heavy (non-hydrogen) atoms. The Morgan fingerprint density at radius 2 is 2.21 bits per heavy atom. The van der Waals surface area contributed by atoms with Gasteiger partial charge >= 0.3 is 0 Å². The molecule has 1 amide bonds. The van der Waals surface area contributed by atoms with E-state index in [1.165, 1.54) is 0 Å². The molecule has 2 aliphatic rings. The fraction of sp³-hybridized carbons (Fsp3) is 0.929. The lowest BCUT2D eigenvalue weighted by Gasteiger charge is -2.42. The van der Waals surface area contributed by atoms with Crippen LogP contribution in [-0.2, 0) is 14.3 Å². The van der Waals surface area contributed by atoms with E-state index in [0.29, 0.717) is 25.6 Å². The molecule has 0 aromatic heterocycles. The predicted octanol–water partition coefficient (Wildman–Crippen LogP) is 2.35. The summed E-state index contributed by atoms with van der Waals surface area (Å²) in [7, 11) is 0. The lowest BCUT2D eigenvalue weighted by molar-refractivity contribution is -0.157. The molecule has 0 N–H and O–H groups in total. The lowest BCUT2D eigenvalue weighted by Crippen LogP contribution is -2.55. The summed E-state index contributed by atoms with van der Waals surface area (Å²) >= 11 is 3.45. The van der Waals surface area contributed by atoms with E-state index in [1.807, 2.05) is 18.7 Å². The fourth-order valence-electron chi connectivity index (χ4n) is 2.88. The standard InChI is InChI=1S/C14H24BrNO3/c1-14(2)10-16(9-12(8-15)19-14)13(17)6-5-11-4-3-7-18-11/h11-12H,3-10H2,1-2H3. The number of rotatable bonds is 4. The van der Waals surface area contributed by atoms with Gasteiger partial charge in [0.1, 0.15) is 0 Å². The average molecular weight is 334 g/mol. The highest BCUT2D eigenvalue weighted by Crippen LogP contribution is 2.24. The van der Waals surface area contributed by atoms with E-state index in [2.05, 4.69) is 15.9 Å². The Hall–Kier alpha value is -0.130. The SMILES string of the molecule is CC1(C)CN(C(=O)CCC2CCCO2)CC(CBr)O1. The molecule has 5 heteroatoms. The second-order valence-corrected chi connectivity index (χ2v) is 6.75. The zero-order valence-corrected chi connectivity index (χ0v) is 13.4. The number of ether oxygens (including phenoxy) is 2. The second kappa shape index (κ2) is 6.55. The van der Waals surface area contributed by atoms with Gasteiger partial charge in [-0.2, -0.15) is 0 Å². The van der Waals surface area contributed by atoms with Crippen molar-refractivity contribution in [2.45, 2.75) is 57.3 Å². The van der Waals surface area contributed by atoms with Crippen LogP contribution in [0.3, 0.4) is 0 Å². The van der Waals surface area contributed by atoms with Crippen molar-refractivity contribution in [2.24, 2.45) is 0 Å². The first-order valence-corrected chi connectivity index (χ1v) is 8.25. The topological polar surface area (TPSA) is 38.8 Å². The van der Waals surface area contributed by atoms with Gasteiger partial charge in [-0.15, -0.1) is 0 Å². The number of amides is 1. The van der Waals surface area contributed by atoms with Crippen molar-refractivity contribution in [2.75, 3.05) is 25.0 Å². The largest absolute Gasteiger partial charge is 0.378 e. The Balaban J connectivity index is 1.83. The van der Waals surface area contributed by atoms with Crippen LogP contribution in [0.2, 0.25) is 0 Å². The summed E-state index contributed by atoms with van der Waals surface area (Å²) in [4.78, 5) is 14.3. The number of hydrogen-bond acceptors (Lipinski definition) is 3. The number of alkyl halides is 1. The van der Waals surface area contributed by atoms with Crippen LogP contribution in [0.25, 0.3) is 0 Å². The van der Waals surface area contributed by atoms with Crippen molar-refractivity contribution in [1.29, 1.82) is 0 Å². The summed E-state index contributed by atoms with van der Waals surface area (Å²) in [5.74, 6) is 0.234. The third kappa shape index (κ3) is 4.43. The summed E-state index contributed by atoms with van der Waals surface area (Å²) in [6.45, 7) is 6.32. The highest BCUT2D eigenvalue weighted by Gasteiger charge is 2.35. The highest BCUT2D eigenvalue weighted by molar-refractivity contribution is 9.09. The smallest absolute Gasteiger partial charge is 0.222 e. The molecule has 0 aromatic rings. The van der Waals surface area contributed by atoms with Crippen molar-refractivity contribution in [3.8, 4) is 0 Å². The summed E-state index contributed by atoms with van der Waals surface area (Å²) < 4.78 is 11.5. The number of hydrogen-bond donors (Lipinski definition) is 0. The van der Waals surface area contributed by atoms with Crippen LogP contribution in [0.15, 0.2) is 0 Å². The molecule has 2 saturated heterocycles. The van der Waals surface area contributed by atoms with Gasteiger partial charge in [0, 0.05) is 31.4 Å². The zero-order chi connectivity index (χ0) is 13.9. The first-order valence-electron chi connectivity index (χ1n) is 7.13. The predicted molar refractivity (Wildman–Crippen MR) is 77.5 cm³/mol. The number of carbonyl (C=O) groups is 1. The molecule has 0 radical (unpaired) electrons. The molecule has 2 aliphatic heterocycles. The monoisotopic (exact) mass is 333 g/mol. The molecule has 2 rings (SSSR count). The van der Waals surface area contributed by atoms with Gasteiger partial charge in [0.2, 0.25) is 5.91 Å². The van der Waals surface area contributed by atoms with Crippen LogP contribution in [0.1, 0.15) is 39.5 Å². The minimum atomic E-state index is -0.254. The van der Waals surface area contributed by atoms with E-state index in [-0.39, 0.29) is 17.6 Å². The third-order valence-corrected chi connectivity index (χ3v) is 4.43. The van der Waals surface area contributed by atoms with Gasteiger partial charge in [-0.05, 0) is 33.1 Å². The molecular formula is C14H24BrNO3. The molecule has 2 heterocycles. The molecular weight excluding hydrogens is 310 g/mol. The van der Waals surface area contributed by atoms with Crippen LogP contribution in [0.4, 0.5) is 0 Å². The number of morpholine rings is 1. The van der Waals surface area contributed by atoms with Crippen LogP contribution < -0.4 is 0 Å². The highest BCUT2D eigenvalue weighted by atomic mass is 79.9. The lowest BCUT2D eigenvalue weighted by atomic mass is 10.0. The van der Waals surface area contributed by atoms with Gasteiger partial charge in [-0.1, -0.05) is 15.9 Å². The minimum Gasteiger partial charge on any atom is -0.378 e. The average Bonchev–Trinajstić information content (AvgIpc) is 2.87. The number of halogens is 1. The van der Waals surface area contributed by atoms with Gasteiger partial charge in [0.15, 0.2) is 0 Å². The Bertz CT molecular complexity index is 316. The maximum Gasteiger partial charge on any atom is 0.222 e. The number of nitrogens with zero attached hydrogens (tertiary/aromatic N) is 1. The van der Waals surface area contributed by atoms with Crippen LogP contribution in [0.5, 0.6) is 0 Å². The van der Waals surface area contributed by atoms with Gasteiger partial charge in [-0.25, -0.2) is 0 Å². The second-order valence-electron chi connectivity index (χ2n) is 6.10. The number of carbonyl (C=O) groups excluding carboxylic acids is 1. The molecule has 4 nitrogen and oxygen atoms in total. The van der Waals surface area contributed by atoms with Gasteiger partial charge < -0.3 is 14.4 Å². The minimum absolute atomic E-state index is 0.0930. The Morgan fingerprint density at radius 3 is 2.84 bits per heavy atom. The van der Waals surface area contributed by atoms with Crippen LogP contribution in [0, 0.1) is 0 Å². The molecule has 0 saturated carbocycles. The molecule has 2 unspecified atom stereocenters. The van der Waals surface area contributed by atoms with Gasteiger partial charge in [0.25, 0.3) is 0 Å². The first-order chi connectivity index (χ1) is 9.00. The van der Waals surface area contributed by atoms with Crippen molar-refractivity contribution in [1.82, 2.24) is 4.90 Å². The van der Waals surface area contributed by atoms with Crippen molar-refractivity contribution in [3.05, 3.63) is 0 Å². The molecule has 0 aliphatic carbocycles. The molecule has 0 bridgehead atoms. The van der Waals surface area contributed by atoms with Gasteiger partial charge in [-0.3, -0.25) is 4.79 Å². The van der Waals surface area contributed by atoms with Gasteiger partial charge in [0.05, 0.1) is 17.8 Å². The summed E-state index contributed by atoms with van der Waals surface area (Å²) in [5, 5.41) is 0.770. The normalized spacial score (nSPS) is 30.6. The van der Waals surface area contributed by atoms with E-state index in [1.54, 1.807) is 0 Å². The van der Waals surface area contributed by atoms with Crippen molar-refractivity contribution in [3.63, 3.8) is 0 Å².